The van der Waals surface area contributed by atoms with Crippen molar-refractivity contribution in [2.75, 3.05) is 7.11 Å². The molecule has 2 saturated carbocycles. The minimum absolute atomic E-state index is 0.0303. The van der Waals surface area contributed by atoms with Gasteiger partial charge in [-0.15, -0.1) is 0 Å². The summed E-state index contributed by atoms with van der Waals surface area (Å²) in [6.45, 7) is 0. The monoisotopic (exact) mass is 316 g/mol. The number of hydrogen-bond donors (Lipinski definition) is 2. The number of hydrogen-bond acceptors (Lipinski definition) is 5. The van der Waals surface area contributed by atoms with Gasteiger partial charge in [0.1, 0.15) is 5.60 Å². The lowest BCUT2D eigenvalue weighted by molar-refractivity contribution is -0.219. The molecule has 0 radical (unpaired) electrons. The third-order valence-corrected chi connectivity index (χ3v) is 6.68. The lowest BCUT2D eigenvalue weighted by atomic mass is 9.45. The molecule has 1 spiro atoms. The fourth-order valence-corrected chi connectivity index (χ4v) is 5.86. The Morgan fingerprint density at radius 2 is 2.17 bits per heavy atom. The van der Waals surface area contributed by atoms with E-state index in [4.69, 9.17) is 9.47 Å². The van der Waals surface area contributed by atoms with E-state index in [9.17, 15) is 15.0 Å². The van der Waals surface area contributed by atoms with E-state index in [1.165, 1.54) is 0 Å². The molecule has 2 N–H and O–H groups in total. The van der Waals surface area contributed by atoms with Gasteiger partial charge >= 0.3 is 0 Å². The van der Waals surface area contributed by atoms with Crippen LogP contribution in [0.4, 0.5) is 0 Å². The normalized spacial score (nSPS) is 42.9. The Bertz CT molecular complexity index is 728. The molecule has 5 nitrogen and oxygen atoms in total. The molecule has 0 aromatic heterocycles. The smallest absolute Gasteiger partial charge is 0.177 e. The van der Waals surface area contributed by atoms with Gasteiger partial charge in [0.2, 0.25) is 0 Å². The van der Waals surface area contributed by atoms with E-state index < -0.39 is 23.2 Å². The molecule has 3 aliphatic carbocycles. The van der Waals surface area contributed by atoms with Crippen LogP contribution >= 0.6 is 0 Å². The number of methoxy groups -OCH3 is 1. The number of rotatable bonds is 1. The van der Waals surface area contributed by atoms with Crippen LogP contribution in [0, 0.1) is 5.92 Å². The topological polar surface area (TPSA) is 76.0 Å². The second-order valence-electron chi connectivity index (χ2n) is 7.41. The van der Waals surface area contributed by atoms with E-state index in [1.807, 2.05) is 12.1 Å². The first-order valence-electron chi connectivity index (χ1n) is 8.34. The molecule has 5 heteroatoms. The summed E-state index contributed by atoms with van der Waals surface area (Å²) in [6.07, 6.45) is 1.42. The molecule has 0 amide bonds. The Morgan fingerprint density at radius 3 is 2.96 bits per heavy atom. The van der Waals surface area contributed by atoms with Crippen molar-refractivity contribution in [2.24, 2.45) is 5.92 Å². The maximum absolute atomic E-state index is 12.6. The molecule has 0 saturated heterocycles. The van der Waals surface area contributed by atoms with Crippen LogP contribution in [0.15, 0.2) is 12.1 Å². The first-order valence-corrected chi connectivity index (χ1v) is 8.34. The number of carbonyl (C=O) groups excluding carboxylic acids is 1. The summed E-state index contributed by atoms with van der Waals surface area (Å²) in [7, 11) is 1.58. The third kappa shape index (κ3) is 1.28. The van der Waals surface area contributed by atoms with Crippen LogP contribution in [0.2, 0.25) is 0 Å². The Balaban J connectivity index is 1.88. The van der Waals surface area contributed by atoms with Crippen molar-refractivity contribution in [2.45, 2.75) is 55.3 Å². The predicted molar refractivity (Wildman–Crippen MR) is 80.7 cm³/mol. The molecule has 1 aliphatic heterocycles. The van der Waals surface area contributed by atoms with E-state index in [2.05, 4.69) is 0 Å². The summed E-state index contributed by atoms with van der Waals surface area (Å²) >= 11 is 0. The van der Waals surface area contributed by atoms with Gasteiger partial charge in [-0.1, -0.05) is 12.5 Å². The fourth-order valence-electron chi connectivity index (χ4n) is 5.86. The van der Waals surface area contributed by atoms with Crippen molar-refractivity contribution >= 4 is 5.78 Å². The predicted octanol–water partition coefficient (Wildman–Crippen LogP) is 1.11. The van der Waals surface area contributed by atoms with E-state index in [1.54, 1.807) is 7.11 Å². The van der Waals surface area contributed by atoms with Crippen LogP contribution in [0.5, 0.6) is 11.5 Å². The highest BCUT2D eigenvalue weighted by Crippen LogP contribution is 2.66. The van der Waals surface area contributed by atoms with Gasteiger partial charge in [0.15, 0.2) is 23.4 Å². The average Bonchev–Trinajstić information content (AvgIpc) is 2.86. The van der Waals surface area contributed by atoms with Crippen LogP contribution < -0.4 is 9.47 Å². The van der Waals surface area contributed by atoms with Gasteiger partial charge in [-0.05, 0) is 36.8 Å². The maximum Gasteiger partial charge on any atom is 0.177 e. The van der Waals surface area contributed by atoms with Crippen LogP contribution in [0.1, 0.15) is 36.8 Å². The van der Waals surface area contributed by atoms with Crippen molar-refractivity contribution in [3.8, 4) is 11.5 Å². The van der Waals surface area contributed by atoms with Crippen molar-refractivity contribution < 1.29 is 24.5 Å². The highest BCUT2D eigenvalue weighted by molar-refractivity contribution is 5.90. The molecule has 5 rings (SSSR count). The van der Waals surface area contributed by atoms with Gasteiger partial charge in [-0.2, -0.15) is 0 Å². The minimum atomic E-state index is -1.28. The first-order chi connectivity index (χ1) is 11.0. The molecule has 2 bridgehead atoms. The standard InChI is InChI=1S/C18H20O5/c1-22-12-5-4-9-7-10-3-2-6-17-14(9)15(12)23-16(17)11(19)8-13(20)18(10,17)21/h4-5,10,13,16,20-21H,2-3,6-8H2,1H3/t10-,13-,16+,17+,18+/m1/s1. The Kier molecular flexibility index (Phi) is 2.45. The zero-order chi connectivity index (χ0) is 16.0. The van der Waals surface area contributed by atoms with Crippen molar-refractivity contribution in [1.29, 1.82) is 0 Å². The highest BCUT2D eigenvalue weighted by Gasteiger charge is 2.74. The van der Waals surface area contributed by atoms with Gasteiger partial charge in [0, 0.05) is 12.0 Å². The van der Waals surface area contributed by atoms with Gasteiger partial charge in [0.05, 0.1) is 18.6 Å². The maximum atomic E-state index is 12.6. The number of benzene rings is 1. The van der Waals surface area contributed by atoms with E-state index in [0.29, 0.717) is 24.3 Å². The molecular weight excluding hydrogens is 296 g/mol. The van der Waals surface area contributed by atoms with Crippen LogP contribution in [0.25, 0.3) is 0 Å². The summed E-state index contributed by atoms with van der Waals surface area (Å²) in [5, 5.41) is 22.3. The van der Waals surface area contributed by atoms with Crippen molar-refractivity contribution in [3.63, 3.8) is 0 Å². The number of Topliss-reactive ketones (excluding diaryl/α,β-unsaturated/α-hetero) is 1. The summed E-state index contributed by atoms with van der Waals surface area (Å²) in [4.78, 5) is 12.6. The van der Waals surface area contributed by atoms with Gasteiger partial charge in [-0.25, -0.2) is 0 Å². The molecule has 0 unspecified atom stereocenters. The van der Waals surface area contributed by atoms with Gasteiger partial charge in [0.25, 0.3) is 0 Å². The molecular formula is C18H20O5. The van der Waals surface area contributed by atoms with Crippen LogP contribution in [0.3, 0.4) is 0 Å². The number of aliphatic hydroxyl groups excluding tert-OH is 1. The quantitative estimate of drug-likeness (QED) is 0.812. The summed E-state index contributed by atoms with van der Waals surface area (Å²) in [5.41, 5.74) is -0.0664. The third-order valence-electron chi connectivity index (χ3n) is 6.68. The SMILES string of the molecule is COc1ccc2c3c1O[C@H]1C(=O)C[C@@H](O)[C@@]4(O)[C@H](CCC[C@]314)C2. The lowest BCUT2D eigenvalue weighted by Crippen LogP contribution is -2.75. The number of ether oxygens (including phenoxy) is 2. The van der Waals surface area contributed by atoms with Crippen LogP contribution in [-0.2, 0) is 16.6 Å². The molecule has 4 aliphatic rings. The molecule has 122 valence electrons. The zero-order valence-corrected chi connectivity index (χ0v) is 13.0. The molecule has 5 atom stereocenters. The fraction of sp³-hybridized carbons (Fsp3) is 0.611. The van der Waals surface area contributed by atoms with Gasteiger partial charge < -0.3 is 19.7 Å². The summed E-state index contributed by atoms with van der Waals surface area (Å²) < 4.78 is 11.5. The minimum Gasteiger partial charge on any atom is -0.493 e. The number of ketones is 1. The average molecular weight is 316 g/mol. The molecule has 1 heterocycles. The summed E-state index contributed by atoms with van der Waals surface area (Å²) in [6, 6.07) is 3.90. The molecule has 2 fully saturated rings. The van der Waals surface area contributed by atoms with E-state index in [-0.39, 0.29) is 18.1 Å². The molecule has 1 aromatic rings. The number of carbonyl (C=O) groups is 1. The summed E-state index contributed by atoms with van der Waals surface area (Å²) in [5.74, 6) is 1.05. The van der Waals surface area contributed by atoms with E-state index >= 15 is 0 Å². The van der Waals surface area contributed by atoms with Crippen molar-refractivity contribution in [3.05, 3.63) is 23.3 Å². The van der Waals surface area contributed by atoms with Crippen LogP contribution in [-0.4, -0.2) is 40.9 Å². The Morgan fingerprint density at radius 1 is 1.35 bits per heavy atom. The highest BCUT2D eigenvalue weighted by atomic mass is 16.5. The molecule has 1 aromatic carbocycles. The first kappa shape index (κ1) is 13.8. The Labute approximate surface area is 134 Å². The molecule has 23 heavy (non-hydrogen) atoms. The lowest BCUT2D eigenvalue weighted by Gasteiger charge is -2.61. The second kappa shape index (κ2) is 4.08. The largest absolute Gasteiger partial charge is 0.493 e. The van der Waals surface area contributed by atoms with Crippen molar-refractivity contribution in [1.82, 2.24) is 0 Å². The van der Waals surface area contributed by atoms with E-state index in [0.717, 1.165) is 24.0 Å². The second-order valence-corrected chi connectivity index (χ2v) is 7.41. The number of aliphatic hydroxyl groups is 2. The zero-order valence-electron chi connectivity index (χ0n) is 13.0. The van der Waals surface area contributed by atoms with Gasteiger partial charge in [-0.3, -0.25) is 4.79 Å². The Hall–Kier alpha value is -1.59.